The molecule has 0 saturated heterocycles. The molecule has 1 nitrogen and oxygen atoms in total. The molecule has 0 radical (unpaired) electrons. The van der Waals surface area contributed by atoms with Crippen molar-refractivity contribution in [1.82, 2.24) is 0 Å². The van der Waals surface area contributed by atoms with Crippen molar-refractivity contribution in [2.75, 3.05) is 0 Å². The monoisotopic (exact) mass is 228 g/mol. The summed E-state index contributed by atoms with van der Waals surface area (Å²) in [7, 11) is 0. The van der Waals surface area contributed by atoms with Gasteiger partial charge in [-0.1, -0.05) is 19.9 Å². The highest BCUT2D eigenvalue weighted by Gasteiger charge is 2.04. The molecule has 0 aliphatic carbocycles. The predicted molar refractivity (Wildman–Crippen MR) is 54.5 cm³/mol. The van der Waals surface area contributed by atoms with Crippen molar-refractivity contribution in [3.8, 4) is 5.75 Å². The third-order valence-electron chi connectivity index (χ3n) is 2.15. The molecule has 1 rings (SSSR count). The van der Waals surface area contributed by atoms with Gasteiger partial charge in [-0.2, -0.15) is 0 Å². The Balaban J connectivity index is 2.96. The molecule has 0 bridgehead atoms. The zero-order chi connectivity index (χ0) is 9.14. The van der Waals surface area contributed by atoms with Gasteiger partial charge in [-0.3, -0.25) is 0 Å². The average Bonchev–Trinajstić information content (AvgIpc) is 2.08. The molecule has 1 unspecified atom stereocenters. The largest absolute Gasteiger partial charge is 0.507 e. The standard InChI is InChI=1S/C10H13BrO/c1-3-7(2)8-4-5-10(12)9(11)6-8/h4-7,12H,3H2,1-2H3. The molecule has 1 aromatic rings. The summed E-state index contributed by atoms with van der Waals surface area (Å²) in [5.74, 6) is 0.865. The Bertz CT molecular complexity index is 271. The first kappa shape index (κ1) is 9.59. The summed E-state index contributed by atoms with van der Waals surface area (Å²) >= 11 is 3.29. The maximum atomic E-state index is 9.25. The number of phenolic OH excluding ortho intramolecular Hbond substituents is 1. The number of rotatable bonds is 2. The minimum Gasteiger partial charge on any atom is -0.507 e. The van der Waals surface area contributed by atoms with Crippen molar-refractivity contribution in [3.05, 3.63) is 28.2 Å². The quantitative estimate of drug-likeness (QED) is 0.820. The van der Waals surface area contributed by atoms with Gasteiger partial charge in [-0.15, -0.1) is 0 Å². The van der Waals surface area contributed by atoms with Crippen molar-refractivity contribution in [3.63, 3.8) is 0 Å². The summed E-state index contributed by atoms with van der Waals surface area (Å²) < 4.78 is 0.778. The average molecular weight is 229 g/mol. The molecule has 0 amide bonds. The molecular weight excluding hydrogens is 216 g/mol. The zero-order valence-corrected chi connectivity index (χ0v) is 8.93. The van der Waals surface area contributed by atoms with Gasteiger partial charge in [0.05, 0.1) is 4.47 Å². The number of benzene rings is 1. The lowest BCUT2D eigenvalue weighted by Gasteiger charge is -2.09. The van der Waals surface area contributed by atoms with Crippen LogP contribution in [0.3, 0.4) is 0 Å². The Labute approximate surface area is 81.6 Å². The van der Waals surface area contributed by atoms with Gasteiger partial charge in [-0.25, -0.2) is 0 Å². The summed E-state index contributed by atoms with van der Waals surface area (Å²) in [6.07, 6.45) is 1.12. The Hall–Kier alpha value is -0.500. The maximum absolute atomic E-state index is 9.25. The minimum absolute atomic E-state index is 0.307. The Morgan fingerprint density at radius 3 is 2.67 bits per heavy atom. The Morgan fingerprint density at radius 2 is 2.17 bits per heavy atom. The van der Waals surface area contributed by atoms with Crippen LogP contribution >= 0.6 is 15.9 Å². The van der Waals surface area contributed by atoms with Gasteiger partial charge in [0, 0.05) is 0 Å². The fourth-order valence-electron chi connectivity index (χ4n) is 1.07. The van der Waals surface area contributed by atoms with E-state index in [0.717, 1.165) is 10.9 Å². The molecule has 0 aliphatic rings. The van der Waals surface area contributed by atoms with Crippen LogP contribution < -0.4 is 0 Å². The van der Waals surface area contributed by atoms with E-state index in [4.69, 9.17) is 0 Å². The SMILES string of the molecule is CCC(C)c1ccc(O)c(Br)c1. The van der Waals surface area contributed by atoms with Gasteiger partial charge >= 0.3 is 0 Å². The molecule has 2 heteroatoms. The first-order valence-electron chi connectivity index (χ1n) is 4.13. The van der Waals surface area contributed by atoms with Crippen LogP contribution in [0.25, 0.3) is 0 Å². The van der Waals surface area contributed by atoms with Crippen LogP contribution in [0.15, 0.2) is 22.7 Å². The summed E-state index contributed by atoms with van der Waals surface area (Å²) in [5, 5.41) is 9.25. The lowest BCUT2D eigenvalue weighted by molar-refractivity contribution is 0.471. The van der Waals surface area contributed by atoms with Crippen molar-refractivity contribution in [2.24, 2.45) is 0 Å². The van der Waals surface area contributed by atoms with Gasteiger partial charge in [0.25, 0.3) is 0 Å². The Kier molecular flexibility index (Phi) is 3.15. The molecule has 0 heterocycles. The molecule has 1 atom stereocenters. The molecule has 0 fully saturated rings. The highest BCUT2D eigenvalue weighted by atomic mass is 79.9. The fraction of sp³-hybridized carbons (Fsp3) is 0.400. The lowest BCUT2D eigenvalue weighted by Crippen LogP contribution is -1.90. The van der Waals surface area contributed by atoms with Gasteiger partial charge < -0.3 is 5.11 Å². The van der Waals surface area contributed by atoms with Crippen LogP contribution in [-0.2, 0) is 0 Å². The molecule has 0 aliphatic heterocycles. The van der Waals surface area contributed by atoms with E-state index in [1.54, 1.807) is 6.07 Å². The molecule has 66 valence electrons. The number of hydrogen-bond acceptors (Lipinski definition) is 1. The number of aromatic hydroxyl groups is 1. The second-order valence-electron chi connectivity index (χ2n) is 3.02. The van der Waals surface area contributed by atoms with E-state index in [0.29, 0.717) is 11.7 Å². The van der Waals surface area contributed by atoms with Gasteiger partial charge in [0.2, 0.25) is 0 Å². The molecule has 0 spiro atoms. The van der Waals surface area contributed by atoms with Crippen LogP contribution in [0.1, 0.15) is 31.7 Å². The van der Waals surface area contributed by atoms with Crippen molar-refractivity contribution in [2.45, 2.75) is 26.2 Å². The summed E-state index contributed by atoms with van der Waals surface area (Å²) in [5.41, 5.74) is 1.27. The van der Waals surface area contributed by atoms with Gasteiger partial charge in [-0.05, 0) is 46.0 Å². The fourth-order valence-corrected chi connectivity index (χ4v) is 1.46. The lowest BCUT2D eigenvalue weighted by atomic mass is 9.99. The molecule has 0 aromatic heterocycles. The summed E-state index contributed by atoms with van der Waals surface area (Å²) in [4.78, 5) is 0. The summed E-state index contributed by atoms with van der Waals surface area (Å²) in [6, 6.07) is 5.67. The van der Waals surface area contributed by atoms with Crippen LogP contribution in [0.5, 0.6) is 5.75 Å². The Morgan fingerprint density at radius 1 is 1.50 bits per heavy atom. The van der Waals surface area contributed by atoms with Crippen molar-refractivity contribution in [1.29, 1.82) is 0 Å². The molecule has 1 aromatic carbocycles. The summed E-state index contributed by atoms with van der Waals surface area (Å²) in [6.45, 7) is 4.34. The van der Waals surface area contributed by atoms with E-state index < -0.39 is 0 Å². The second-order valence-corrected chi connectivity index (χ2v) is 3.87. The molecule has 0 saturated carbocycles. The van der Waals surface area contributed by atoms with E-state index in [2.05, 4.69) is 29.8 Å². The second kappa shape index (κ2) is 3.94. The molecular formula is C10H13BrO. The smallest absolute Gasteiger partial charge is 0.129 e. The number of halogens is 1. The van der Waals surface area contributed by atoms with Crippen LogP contribution in [0, 0.1) is 0 Å². The number of hydrogen-bond donors (Lipinski definition) is 1. The van der Waals surface area contributed by atoms with Crippen LogP contribution in [0.2, 0.25) is 0 Å². The third kappa shape index (κ3) is 2.01. The zero-order valence-electron chi connectivity index (χ0n) is 7.34. The van der Waals surface area contributed by atoms with Crippen molar-refractivity contribution < 1.29 is 5.11 Å². The molecule has 1 N–H and O–H groups in total. The van der Waals surface area contributed by atoms with Crippen LogP contribution in [-0.4, -0.2) is 5.11 Å². The third-order valence-corrected chi connectivity index (χ3v) is 2.79. The van der Waals surface area contributed by atoms with Crippen LogP contribution in [0.4, 0.5) is 0 Å². The maximum Gasteiger partial charge on any atom is 0.129 e. The van der Waals surface area contributed by atoms with E-state index >= 15 is 0 Å². The first-order valence-corrected chi connectivity index (χ1v) is 4.93. The predicted octanol–water partition coefficient (Wildman–Crippen LogP) is 3.67. The van der Waals surface area contributed by atoms with E-state index in [9.17, 15) is 5.11 Å². The van der Waals surface area contributed by atoms with E-state index in [-0.39, 0.29) is 0 Å². The highest BCUT2D eigenvalue weighted by molar-refractivity contribution is 9.10. The number of phenols is 1. The topological polar surface area (TPSA) is 20.2 Å². The molecule has 12 heavy (non-hydrogen) atoms. The van der Waals surface area contributed by atoms with Crippen molar-refractivity contribution >= 4 is 15.9 Å². The van der Waals surface area contributed by atoms with Gasteiger partial charge in [0.15, 0.2) is 0 Å². The van der Waals surface area contributed by atoms with E-state index in [1.807, 2.05) is 12.1 Å². The highest BCUT2D eigenvalue weighted by Crippen LogP contribution is 2.28. The normalized spacial score (nSPS) is 12.9. The van der Waals surface area contributed by atoms with E-state index in [1.165, 1.54) is 5.56 Å². The minimum atomic E-state index is 0.307. The van der Waals surface area contributed by atoms with Gasteiger partial charge in [0.1, 0.15) is 5.75 Å². The first-order chi connectivity index (χ1) is 5.65.